The van der Waals surface area contributed by atoms with E-state index in [-0.39, 0.29) is 5.91 Å². The van der Waals surface area contributed by atoms with Gasteiger partial charge in [0.15, 0.2) is 0 Å². The van der Waals surface area contributed by atoms with Crippen molar-refractivity contribution in [3.8, 4) is 6.07 Å². The molecule has 0 radical (unpaired) electrons. The fourth-order valence-corrected chi connectivity index (χ4v) is 2.58. The van der Waals surface area contributed by atoms with Gasteiger partial charge in [0.2, 0.25) is 0 Å². The maximum absolute atomic E-state index is 12.5. The fraction of sp³-hybridized carbons (Fsp3) is 0.389. The molecule has 1 amide bonds. The number of nitrogens with zero attached hydrogens (tertiary/aromatic N) is 3. The first kappa shape index (κ1) is 16.0. The molecule has 1 aliphatic heterocycles. The van der Waals surface area contributed by atoms with Crippen molar-refractivity contribution in [1.29, 1.82) is 5.26 Å². The minimum absolute atomic E-state index is 0.00944. The molecule has 4 heteroatoms. The molecule has 0 aliphatic carbocycles. The topological polar surface area (TPSA) is 56.5 Å². The SMILES string of the molecule is CN=C(/C=C(\C)c1ccc(C#N)cc1)C(=O)N1CCCCC1. The van der Waals surface area contributed by atoms with E-state index >= 15 is 0 Å². The lowest BCUT2D eigenvalue weighted by Gasteiger charge is -2.26. The number of hydrogen-bond donors (Lipinski definition) is 0. The number of hydrogen-bond acceptors (Lipinski definition) is 3. The number of allylic oxidation sites excluding steroid dienone is 1. The molecule has 1 heterocycles. The fourth-order valence-electron chi connectivity index (χ4n) is 2.58. The normalized spacial score (nSPS) is 16.3. The van der Waals surface area contributed by atoms with E-state index < -0.39 is 0 Å². The number of aliphatic imine (C=N–C) groups is 1. The van der Waals surface area contributed by atoms with E-state index in [0.29, 0.717) is 11.3 Å². The molecule has 0 N–H and O–H groups in total. The summed E-state index contributed by atoms with van der Waals surface area (Å²) in [6.45, 7) is 3.60. The van der Waals surface area contributed by atoms with Crippen LogP contribution in [0.5, 0.6) is 0 Å². The third-order valence-electron chi connectivity index (χ3n) is 3.93. The first-order valence-electron chi connectivity index (χ1n) is 7.60. The second-order valence-electron chi connectivity index (χ2n) is 5.48. The van der Waals surface area contributed by atoms with E-state index in [0.717, 1.165) is 37.1 Å². The molecule has 1 aromatic carbocycles. The lowest BCUT2D eigenvalue weighted by molar-refractivity contribution is -0.124. The van der Waals surface area contributed by atoms with E-state index in [4.69, 9.17) is 5.26 Å². The molecular formula is C18H21N3O. The molecular weight excluding hydrogens is 274 g/mol. The van der Waals surface area contributed by atoms with E-state index in [1.54, 1.807) is 19.2 Å². The Labute approximate surface area is 131 Å². The largest absolute Gasteiger partial charge is 0.337 e. The molecule has 0 atom stereocenters. The van der Waals surface area contributed by atoms with Crippen LogP contribution in [-0.4, -0.2) is 36.7 Å². The van der Waals surface area contributed by atoms with Crippen LogP contribution in [0.2, 0.25) is 0 Å². The van der Waals surface area contributed by atoms with E-state index in [1.807, 2.05) is 30.0 Å². The van der Waals surface area contributed by atoms with Gasteiger partial charge in [0.05, 0.1) is 11.6 Å². The molecule has 0 aromatic heterocycles. The molecule has 1 saturated heterocycles. The van der Waals surface area contributed by atoms with E-state index in [1.165, 1.54) is 6.42 Å². The highest BCUT2D eigenvalue weighted by Gasteiger charge is 2.20. The van der Waals surface area contributed by atoms with Crippen molar-refractivity contribution in [1.82, 2.24) is 4.90 Å². The summed E-state index contributed by atoms with van der Waals surface area (Å²) in [7, 11) is 1.65. The van der Waals surface area contributed by atoms with Gasteiger partial charge in [-0.1, -0.05) is 12.1 Å². The number of carbonyl (C=O) groups is 1. The standard InChI is InChI=1S/C18H21N3O/c1-14(16-8-6-15(13-19)7-9-16)12-17(20-2)18(22)21-10-4-3-5-11-21/h6-9,12H,3-5,10-11H2,1-2H3/b14-12+,20-17?. The molecule has 1 aliphatic rings. The maximum atomic E-state index is 12.5. The number of amides is 1. The first-order chi connectivity index (χ1) is 10.7. The minimum atomic E-state index is 0.00944. The average molecular weight is 295 g/mol. The van der Waals surface area contributed by atoms with E-state index in [2.05, 4.69) is 11.1 Å². The molecule has 22 heavy (non-hydrogen) atoms. The van der Waals surface area contributed by atoms with Crippen molar-refractivity contribution in [2.45, 2.75) is 26.2 Å². The van der Waals surface area contributed by atoms with Crippen LogP contribution in [-0.2, 0) is 4.79 Å². The van der Waals surface area contributed by atoms with Crippen LogP contribution in [0.25, 0.3) is 5.57 Å². The maximum Gasteiger partial charge on any atom is 0.271 e. The number of carbonyl (C=O) groups excluding carboxylic acids is 1. The summed E-state index contributed by atoms with van der Waals surface area (Å²) in [6.07, 6.45) is 5.17. The zero-order chi connectivity index (χ0) is 15.9. The van der Waals surface area contributed by atoms with Gasteiger partial charge in [0, 0.05) is 20.1 Å². The van der Waals surface area contributed by atoms with Crippen LogP contribution in [0.4, 0.5) is 0 Å². The van der Waals surface area contributed by atoms with Crippen molar-refractivity contribution in [2.75, 3.05) is 20.1 Å². The summed E-state index contributed by atoms with van der Waals surface area (Å²) >= 11 is 0. The number of piperidine rings is 1. The number of nitriles is 1. The Bertz CT molecular complexity index is 629. The summed E-state index contributed by atoms with van der Waals surface area (Å²) in [5.74, 6) is 0.00944. The van der Waals surface area contributed by atoms with Gasteiger partial charge in [-0.25, -0.2) is 0 Å². The average Bonchev–Trinajstić information content (AvgIpc) is 2.59. The highest BCUT2D eigenvalue weighted by molar-refractivity contribution is 6.44. The van der Waals surface area contributed by atoms with Crippen molar-refractivity contribution in [3.05, 3.63) is 41.5 Å². The van der Waals surface area contributed by atoms with Crippen LogP contribution >= 0.6 is 0 Å². The molecule has 0 saturated carbocycles. The van der Waals surface area contributed by atoms with Crippen molar-refractivity contribution < 1.29 is 4.79 Å². The Balaban J connectivity index is 2.16. The van der Waals surface area contributed by atoms with Crippen LogP contribution in [0, 0.1) is 11.3 Å². The molecule has 1 fully saturated rings. The summed E-state index contributed by atoms with van der Waals surface area (Å²) in [5, 5.41) is 8.83. The van der Waals surface area contributed by atoms with Crippen LogP contribution in [0.1, 0.15) is 37.3 Å². The molecule has 0 unspecified atom stereocenters. The Kier molecular flexibility index (Phi) is 5.48. The molecule has 4 nitrogen and oxygen atoms in total. The molecule has 114 valence electrons. The second kappa shape index (κ2) is 7.56. The zero-order valence-corrected chi connectivity index (χ0v) is 13.2. The quantitative estimate of drug-likeness (QED) is 0.805. The van der Waals surface area contributed by atoms with Gasteiger partial charge in [-0.05, 0) is 55.5 Å². The Morgan fingerprint density at radius 1 is 1.23 bits per heavy atom. The zero-order valence-electron chi connectivity index (χ0n) is 13.2. The minimum Gasteiger partial charge on any atom is -0.337 e. The third kappa shape index (κ3) is 3.82. The number of likely N-dealkylation sites (tertiary alicyclic amines) is 1. The summed E-state index contributed by atoms with van der Waals surface area (Å²) in [5.41, 5.74) is 3.08. The first-order valence-corrected chi connectivity index (χ1v) is 7.60. The van der Waals surface area contributed by atoms with Crippen molar-refractivity contribution >= 4 is 17.2 Å². The van der Waals surface area contributed by atoms with Gasteiger partial charge < -0.3 is 4.90 Å². The van der Waals surface area contributed by atoms with Gasteiger partial charge in [0.25, 0.3) is 5.91 Å². The van der Waals surface area contributed by atoms with Gasteiger partial charge in [0.1, 0.15) is 5.71 Å². The highest BCUT2D eigenvalue weighted by Crippen LogP contribution is 2.16. The smallest absolute Gasteiger partial charge is 0.271 e. The summed E-state index contributed by atoms with van der Waals surface area (Å²) < 4.78 is 0. The second-order valence-corrected chi connectivity index (χ2v) is 5.48. The lowest BCUT2D eigenvalue weighted by atomic mass is 10.0. The van der Waals surface area contributed by atoms with E-state index in [9.17, 15) is 4.79 Å². The predicted molar refractivity (Wildman–Crippen MR) is 88.6 cm³/mol. The van der Waals surface area contributed by atoms with Gasteiger partial charge >= 0.3 is 0 Å². The third-order valence-corrected chi connectivity index (χ3v) is 3.93. The number of rotatable bonds is 3. The van der Waals surface area contributed by atoms with Crippen molar-refractivity contribution in [2.24, 2.45) is 4.99 Å². The van der Waals surface area contributed by atoms with Crippen LogP contribution < -0.4 is 0 Å². The van der Waals surface area contributed by atoms with Crippen LogP contribution in [0.15, 0.2) is 35.3 Å². The number of benzene rings is 1. The Hall–Kier alpha value is -2.41. The molecule has 2 rings (SSSR count). The summed E-state index contributed by atoms with van der Waals surface area (Å²) in [6, 6.07) is 9.45. The Morgan fingerprint density at radius 3 is 2.41 bits per heavy atom. The van der Waals surface area contributed by atoms with Crippen LogP contribution in [0.3, 0.4) is 0 Å². The van der Waals surface area contributed by atoms with Gasteiger partial charge in [-0.15, -0.1) is 0 Å². The predicted octanol–water partition coefficient (Wildman–Crippen LogP) is 3.04. The molecule has 1 aromatic rings. The summed E-state index contributed by atoms with van der Waals surface area (Å²) in [4.78, 5) is 18.5. The monoisotopic (exact) mass is 295 g/mol. The van der Waals surface area contributed by atoms with Gasteiger partial charge in [-0.3, -0.25) is 9.79 Å². The lowest BCUT2D eigenvalue weighted by Crippen LogP contribution is -2.39. The highest BCUT2D eigenvalue weighted by atomic mass is 16.2. The molecule has 0 bridgehead atoms. The van der Waals surface area contributed by atoms with Gasteiger partial charge in [-0.2, -0.15) is 5.26 Å². The molecule has 0 spiro atoms. The van der Waals surface area contributed by atoms with Crippen molar-refractivity contribution in [3.63, 3.8) is 0 Å². The Morgan fingerprint density at radius 2 is 1.86 bits per heavy atom.